The van der Waals surface area contributed by atoms with Crippen LogP contribution >= 0.6 is 11.3 Å². The normalized spacial score (nSPS) is 18.3. The lowest BCUT2D eigenvalue weighted by atomic mass is 9.93. The summed E-state index contributed by atoms with van der Waals surface area (Å²) < 4.78 is 5.57. The third-order valence-electron chi connectivity index (χ3n) is 7.69. The van der Waals surface area contributed by atoms with Crippen molar-refractivity contribution >= 4 is 34.9 Å². The number of piperidine rings is 1. The Morgan fingerprint density at radius 2 is 1.92 bits per heavy atom. The number of aryl methyl sites for hydroxylation is 1. The first-order valence-electron chi connectivity index (χ1n) is 14.4. The smallest absolute Gasteiger partial charge is 0.307 e. The summed E-state index contributed by atoms with van der Waals surface area (Å²) in [5, 5.41) is 5.67. The molecule has 9 nitrogen and oxygen atoms in total. The van der Waals surface area contributed by atoms with Crippen LogP contribution in [0.1, 0.15) is 102 Å². The molecule has 2 amide bonds. The average Bonchev–Trinajstić information content (AvgIpc) is 3.38. The largest absolute Gasteiger partial charge is 0.444 e. The Morgan fingerprint density at radius 3 is 2.49 bits per heavy atom. The van der Waals surface area contributed by atoms with Crippen molar-refractivity contribution in [3.8, 4) is 0 Å². The first-order valence-corrected chi connectivity index (χ1v) is 15.3. The number of nitrogens with one attached hydrogen (secondary N) is 1. The van der Waals surface area contributed by atoms with Crippen LogP contribution in [0.5, 0.6) is 0 Å². The Kier molecular flexibility index (Phi) is 13.5. The third-order valence-corrected chi connectivity index (χ3v) is 8.60. The number of carbonyl (C=O) groups excluding carboxylic acids is 4. The molecule has 1 aliphatic rings. The number of ether oxygens (including phenoxy) is 1. The number of Topliss-reactive ketones (excluding diaryl/α,β-unsaturated/α-hetero) is 1. The van der Waals surface area contributed by atoms with Gasteiger partial charge < -0.3 is 15.0 Å². The summed E-state index contributed by atoms with van der Waals surface area (Å²) in [5.74, 6) is -0.829. The van der Waals surface area contributed by atoms with E-state index in [0.717, 1.165) is 30.8 Å². The lowest BCUT2D eigenvalue weighted by Crippen LogP contribution is -2.59. The number of carbonyl (C=O) groups is 4. The monoisotopic (exact) mass is 564 g/mol. The molecule has 0 aromatic carbocycles. The van der Waals surface area contributed by atoms with E-state index >= 15 is 0 Å². The molecule has 1 aromatic heterocycles. The van der Waals surface area contributed by atoms with Crippen LogP contribution in [0.4, 0.5) is 0 Å². The molecule has 0 aliphatic carbocycles. The fourth-order valence-electron chi connectivity index (χ4n) is 4.97. The van der Waals surface area contributed by atoms with Crippen LogP contribution in [-0.2, 0) is 25.5 Å². The van der Waals surface area contributed by atoms with Crippen LogP contribution in [-0.4, -0.2) is 76.8 Å². The van der Waals surface area contributed by atoms with Gasteiger partial charge >= 0.3 is 5.97 Å². The van der Waals surface area contributed by atoms with Gasteiger partial charge in [-0.2, -0.15) is 0 Å². The number of hydrogen-bond donors (Lipinski definition) is 1. The summed E-state index contributed by atoms with van der Waals surface area (Å²) in [6, 6.07) is -1.24. The maximum atomic E-state index is 14.2. The molecule has 2 unspecified atom stereocenters. The first kappa shape index (κ1) is 32.9. The summed E-state index contributed by atoms with van der Waals surface area (Å²) in [5.41, 5.74) is 0.449. The zero-order valence-electron chi connectivity index (χ0n) is 24.8. The van der Waals surface area contributed by atoms with Crippen LogP contribution in [0.2, 0.25) is 0 Å². The van der Waals surface area contributed by atoms with Crippen LogP contribution in [0.25, 0.3) is 0 Å². The zero-order valence-corrected chi connectivity index (χ0v) is 25.6. The van der Waals surface area contributed by atoms with Crippen molar-refractivity contribution < 1.29 is 23.9 Å². The number of likely N-dealkylation sites (N-methyl/N-ethyl adjacent to an activating group) is 1. The van der Waals surface area contributed by atoms with Gasteiger partial charge in [0.05, 0.1) is 11.0 Å². The van der Waals surface area contributed by atoms with Crippen LogP contribution in [0.15, 0.2) is 5.38 Å². The minimum atomic E-state index is -0.729. The molecule has 39 heavy (non-hydrogen) atoms. The van der Waals surface area contributed by atoms with E-state index in [-0.39, 0.29) is 60.6 Å². The molecule has 4 atom stereocenters. The molecular weight excluding hydrogens is 516 g/mol. The topological polar surface area (TPSA) is 109 Å². The van der Waals surface area contributed by atoms with Gasteiger partial charge in [-0.15, -0.1) is 11.3 Å². The maximum Gasteiger partial charge on any atom is 0.307 e. The van der Waals surface area contributed by atoms with Gasteiger partial charge in [0.25, 0.3) is 0 Å². The highest BCUT2D eigenvalue weighted by Gasteiger charge is 2.37. The highest BCUT2D eigenvalue weighted by atomic mass is 32.1. The fraction of sp³-hybridized carbons (Fsp3) is 0.759. The highest BCUT2D eigenvalue weighted by Crippen LogP contribution is 2.24. The molecule has 1 aromatic rings. The van der Waals surface area contributed by atoms with Gasteiger partial charge in [0, 0.05) is 31.2 Å². The molecule has 10 heteroatoms. The number of ketones is 1. The predicted octanol–water partition coefficient (Wildman–Crippen LogP) is 4.45. The molecule has 0 saturated carbocycles. The Bertz CT molecular complexity index is 965. The standard InChI is InChI=1S/C29H48N4O5S/c1-8-12-26(35)38-18-33(23(19(3)4)14-15-25-30-22(17-39-25)21(6)34)29(37)27(20(5)9-2)31-28(36)24-13-10-11-16-32(24)7/h17,19-20,23-24,27H,8-16,18H2,1-7H3,(H,31,36)/t20?,23-,24?,27+/m1/s1. The van der Waals surface area contributed by atoms with E-state index in [0.29, 0.717) is 31.4 Å². The van der Waals surface area contributed by atoms with E-state index in [1.807, 2.05) is 41.7 Å². The van der Waals surface area contributed by atoms with Gasteiger partial charge in [-0.3, -0.25) is 24.1 Å². The lowest BCUT2D eigenvalue weighted by molar-refractivity contribution is -0.159. The molecule has 0 spiro atoms. The molecule has 1 saturated heterocycles. The Balaban J connectivity index is 2.31. The molecule has 0 bridgehead atoms. The molecule has 0 radical (unpaired) electrons. The Hall–Kier alpha value is -2.33. The summed E-state index contributed by atoms with van der Waals surface area (Å²) >= 11 is 1.43. The average molecular weight is 565 g/mol. The van der Waals surface area contributed by atoms with Crippen LogP contribution in [0, 0.1) is 11.8 Å². The second-order valence-electron chi connectivity index (χ2n) is 11.1. The van der Waals surface area contributed by atoms with Gasteiger partial charge in [-0.25, -0.2) is 4.98 Å². The number of esters is 1. The molecule has 1 aliphatic heterocycles. The number of amides is 2. The van der Waals surface area contributed by atoms with E-state index in [1.165, 1.54) is 18.3 Å². The summed E-state index contributed by atoms with van der Waals surface area (Å²) in [4.78, 5) is 59.7. The fourth-order valence-corrected chi connectivity index (χ4v) is 5.82. The van der Waals surface area contributed by atoms with Crippen LogP contribution in [0.3, 0.4) is 0 Å². The van der Waals surface area contributed by atoms with Gasteiger partial charge in [-0.05, 0) is 51.1 Å². The maximum absolute atomic E-state index is 14.2. The van der Waals surface area contributed by atoms with Gasteiger partial charge in [0.1, 0.15) is 11.7 Å². The van der Waals surface area contributed by atoms with E-state index in [9.17, 15) is 19.2 Å². The highest BCUT2D eigenvalue weighted by molar-refractivity contribution is 7.09. The van der Waals surface area contributed by atoms with Crippen LogP contribution < -0.4 is 5.32 Å². The number of likely N-dealkylation sites (tertiary alicyclic amines) is 1. The van der Waals surface area contributed by atoms with E-state index in [4.69, 9.17) is 4.74 Å². The first-order chi connectivity index (χ1) is 18.5. The quantitative estimate of drug-likeness (QED) is 0.190. The van der Waals surface area contributed by atoms with Gasteiger partial charge in [-0.1, -0.05) is 47.5 Å². The Labute approximate surface area is 238 Å². The number of hydrogen-bond acceptors (Lipinski definition) is 8. The second-order valence-corrected chi connectivity index (χ2v) is 12.0. The van der Waals surface area contributed by atoms with Gasteiger partial charge in [0.15, 0.2) is 12.5 Å². The number of aromatic nitrogens is 1. The Morgan fingerprint density at radius 1 is 1.21 bits per heavy atom. The van der Waals surface area contributed by atoms with Crippen molar-refractivity contribution in [1.82, 2.24) is 20.1 Å². The molecular formula is C29H48N4O5S. The lowest BCUT2D eigenvalue weighted by Gasteiger charge is -2.39. The van der Waals surface area contributed by atoms with Crippen molar-refractivity contribution in [3.63, 3.8) is 0 Å². The molecule has 1 fully saturated rings. The van der Waals surface area contributed by atoms with Crippen molar-refractivity contribution in [2.75, 3.05) is 20.3 Å². The minimum absolute atomic E-state index is 0.0591. The second kappa shape index (κ2) is 16.1. The summed E-state index contributed by atoms with van der Waals surface area (Å²) in [7, 11) is 1.95. The number of rotatable bonds is 15. The minimum Gasteiger partial charge on any atom is -0.444 e. The van der Waals surface area contributed by atoms with E-state index in [1.54, 1.807) is 10.3 Å². The third kappa shape index (κ3) is 9.67. The molecule has 1 N–H and O–H groups in total. The number of thiazole rings is 1. The number of nitrogens with zero attached hydrogens (tertiary/aromatic N) is 3. The van der Waals surface area contributed by atoms with Crippen molar-refractivity contribution in [3.05, 3.63) is 16.1 Å². The van der Waals surface area contributed by atoms with E-state index in [2.05, 4.69) is 15.2 Å². The van der Waals surface area contributed by atoms with Crippen molar-refractivity contribution in [1.29, 1.82) is 0 Å². The summed E-state index contributed by atoms with van der Waals surface area (Å²) in [6.45, 7) is 12.1. The molecule has 220 valence electrons. The SMILES string of the molecule is CCCC(=O)OCN(C(=O)[C@@H](NC(=O)C1CCCCN1C)C(C)CC)[C@H](CCc1nc(C(C)=O)cs1)C(C)C. The molecule has 2 heterocycles. The predicted molar refractivity (Wildman–Crippen MR) is 153 cm³/mol. The van der Waals surface area contributed by atoms with Gasteiger partial charge in [0.2, 0.25) is 11.8 Å². The van der Waals surface area contributed by atoms with Crippen molar-refractivity contribution in [2.24, 2.45) is 11.8 Å². The van der Waals surface area contributed by atoms with E-state index < -0.39 is 6.04 Å². The van der Waals surface area contributed by atoms with Crippen molar-refractivity contribution in [2.45, 2.75) is 111 Å². The molecule has 2 rings (SSSR count). The summed E-state index contributed by atoms with van der Waals surface area (Å²) in [6.07, 6.45) is 5.64. The zero-order chi connectivity index (χ0) is 29.1.